The van der Waals surface area contributed by atoms with Gasteiger partial charge in [0.2, 0.25) is 0 Å². The fraction of sp³-hybridized carbons (Fsp3) is 0.286. The zero-order valence-electron chi connectivity index (χ0n) is 28.5. The molecule has 46 heavy (non-hydrogen) atoms. The van der Waals surface area contributed by atoms with Crippen molar-refractivity contribution in [2.45, 2.75) is 78.6 Å². The van der Waals surface area contributed by atoms with Crippen LogP contribution in [0, 0.1) is 0 Å². The van der Waals surface area contributed by atoms with Crippen LogP contribution in [0.25, 0.3) is 54.3 Å². The first kappa shape index (κ1) is 31.7. The van der Waals surface area contributed by atoms with Crippen LogP contribution in [-0.2, 0) is 16.2 Å². The molecule has 2 heterocycles. The van der Waals surface area contributed by atoms with Gasteiger partial charge in [-0.2, -0.15) is 0 Å². The van der Waals surface area contributed by atoms with Crippen molar-refractivity contribution in [1.82, 2.24) is 9.97 Å². The summed E-state index contributed by atoms with van der Waals surface area (Å²) < 4.78 is 1.09. The molecule has 0 amide bonds. The topological polar surface area (TPSA) is 46.0 Å². The second-order valence-electron chi connectivity index (χ2n) is 15.5. The van der Waals surface area contributed by atoms with Crippen LogP contribution in [-0.4, -0.2) is 15.1 Å². The maximum Gasteiger partial charge on any atom is 0.128 e. The van der Waals surface area contributed by atoms with Gasteiger partial charge in [0.05, 0.1) is 21.5 Å². The molecule has 1 N–H and O–H groups in total. The van der Waals surface area contributed by atoms with Crippen molar-refractivity contribution in [2.75, 3.05) is 0 Å². The molecule has 3 nitrogen and oxygen atoms in total. The molecule has 0 bridgehead atoms. The number of nitrogens with zero attached hydrogens (tertiary/aromatic N) is 2. The van der Waals surface area contributed by atoms with Gasteiger partial charge >= 0.3 is 0 Å². The minimum atomic E-state index is -0.0675. The minimum Gasteiger partial charge on any atom is -0.507 e. The monoisotopic (exact) mass is 624 g/mol. The van der Waals surface area contributed by atoms with Crippen LogP contribution in [0.4, 0.5) is 0 Å². The highest BCUT2D eigenvalue weighted by Gasteiger charge is 2.22. The van der Waals surface area contributed by atoms with Crippen molar-refractivity contribution >= 4 is 21.6 Å². The predicted octanol–water partition coefficient (Wildman–Crippen LogP) is 12.0. The van der Waals surface area contributed by atoms with Crippen LogP contribution in [0.2, 0.25) is 0 Å². The fourth-order valence-electron chi connectivity index (χ4n) is 5.74. The van der Waals surface area contributed by atoms with Gasteiger partial charge in [-0.3, -0.25) is 4.98 Å². The third-order valence-corrected chi connectivity index (χ3v) is 9.77. The number of rotatable bonds is 4. The summed E-state index contributed by atoms with van der Waals surface area (Å²) in [7, 11) is 0. The van der Waals surface area contributed by atoms with Gasteiger partial charge in [0.1, 0.15) is 10.8 Å². The number of phenols is 1. The highest BCUT2D eigenvalue weighted by Crippen LogP contribution is 2.41. The Kier molecular flexibility index (Phi) is 7.93. The van der Waals surface area contributed by atoms with E-state index in [1.165, 1.54) is 27.8 Å². The van der Waals surface area contributed by atoms with E-state index in [1.807, 2.05) is 24.4 Å². The summed E-state index contributed by atoms with van der Waals surface area (Å²) in [6.07, 6.45) is 1.94. The van der Waals surface area contributed by atoms with E-state index in [-0.39, 0.29) is 22.0 Å². The average molecular weight is 625 g/mol. The molecular weight excluding hydrogens is 581 g/mol. The molecule has 0 atom stereocenters. The lowest BCUT2D eigenvalue weighted by atomic mass is 9.79. The number of benzene rings is 4. The van der Waals surface area contributed by atoms with Crippen molar-refractivity contribution in [3.05, 3.63) is 114 Å². The minimum absolute atomic E-state index is 0.0393. The van der Waals surface area contributed by atoms with E-state index in [0.29, 0.717) is 0 Å². The van der Waals surface area contributed by atoms with Gasteiger partial charge < -0.3 is 5.11 Å². The Balaban J connectivity index is 1.51. The average Bonchev–Trinajstić information content (AvgIpc) is 3.44. The molecule has 6 rings (SSSR count). The molecule has 234 valence electrons. The number of phenolic OH excluding ortho intramolecular Hbond substituents is 1. The van der Waals surface area contributed by atoms with Crippen molar-refractivity contribution in [3.8, 4) is 49.8 Å². The molecule has 0 radical (unpaired) electrons. The van der Waals surface area contributed by atoms with Crippen LogP contribution in [0.15, 0.2) is 97.2 Å². The SMILES string of the molecule is CC(C)(C)c1cc(-c2cc(-c3cc(C(C)(C)C)cc(C(C)(C)C)c3)ccn2)cc(-c2cccc3sc(-c4ccccc4O)nc23)c1. The smallest absolute Gasteiger partial charge is 0.128 e. The number of para-hydroxylation sites is 2. The van der Waals surface area contributed by atoms with Gasteiger partial charge in [-0.25, -0.2) is 4.98 Å². The van der Waals surface area contributed by atoms with Gasteiger partial charge in [0.25, 0.3) is 0 Å². The third-order valence-electron chi connectivity index (χ3n) is 8.72. The molecule has 4 heteroatoms. The van der Waals surface area contributed by atoms with Crippen LogP contribution >= 0.6 is 11.3 Å². The number of fused-ring (bicyclic) bond motifs is 1. The summed E-state index contributed by atoms with van der Waals surface area (Å²) in [6, 6.07) is 32.0. The van der Waals surface area contributed by atoms with E-state index < -0.39 is 0 Å². The first-order chi connectivity index (χ1) is 21.6. The highest BCUT2D eigenvalue weighted by molar-refractivity contribution is 7.21. The first-order valence-corrected chi connectivity index (χ1v) is 16.9. The number of thiazole rings is 1. The van der Waals surface area contributed by atoms with Crippen LogP contribution < -0.4 is 0 Å². The quantitative estimate of drug-likeness (QED) is 0.212. The molecule has 0 saturated carbocycles. The standard InChI is InChI=1S/C42H44N2OS/c1-40(2,3)30-22-28(33-14-12-16-37-38(33)44-39(46-37)34-13-10-11-15-36(34)45)19-29(23-30)35-24-26(17-18-43-35)27-20-31(41(4,5)6)25-32(21-27)42(7,8)9/h10-25,45H,1-9H3. The molecule has 0 saturated heterocycles. The number of aromatic hydroxyl groups is 1. The lowest BCUT2D eigenvalue weighted by molar-refractivity contribution is 0.477. The highest BCUT2D eigenvalue weighted by atomic mass is 32.1. The Hall–Kier alpha value is -4.28. The Morgan fingerprint density at radius 2 is 1.13 bits per heavy atom. The van der Waals surface area contributed by atoms with Gasteiger partial charge in [0.15, 0.2) is 0 Å². The number of hydrogen-bond donors (Lipinski definition) is 1. The second kappa shape index (κ2) is 11.5. The van der Waals surface area contributed by atoms with E-state index in [0.717, 1.165) is 43.2 Å². The van der Waals surface area contributed by atoms with Crippen LogP contribution in [0.3, 0.4) is 0 Å². The Bertz CT molecular complexity index is 2030. The molecular formula is C42H44N2OS. The third kappa shape index (κ3) is 6.37. The van der Waals surface area contributed by atoms with Crippen LogP contribution in [0.5, 0.6) is 5.75 Å². The van der Waals surface area contributed by atoms with Crippen molar-refractivity contribution in [2.24, 2.45) is 0 Å². The molecule has 0 fully saturated rings. The van der Waals surface area contributed by atoms with Gasteiger partial charge in [-0.15, -0.1) is 11.3 Å². The molecule has 4 aromatic carbocycles. The number of aromatic nitrogens is 2. The summed E-state index contributed by atoms with van der Waals surface area (Å²) in [6.45, 7) is 20.5. The Morgan fingerprint density at radius 3 is 1.78 bits per heavy atom. The zero-order valence-corrected chi connectivity index (χ0v) is 29.3. The molecule has 0 aliphatic rings. The van der Waals surface area contributed by atoms with E-state index in [4.69, 9.17) is 9.97 Å². The second-order valence-corrected chi connectivity index (χ2v) is 16.5. The van der Waals surface area contributed by atoms with Crippen LogP contribution in [0.1, 0.15) is 79.0 Å². The molecule has 6 aromatic rings. The van der Waals surface area contributed by atoms with E-state index >= 15 is 0 Å². The van der Waals surface area contributed by atoms with Crippen molar-refractivity contribution < 1.29 is 5.11 Å². The lowest BCUT2D eigenvalue weighted by Gasteiger charge is -2.26. The maximum atomic E-state index is 10.5. The molecule has 0 unspecified atom stereocenters. The van der Waals surface area contributed by atoms with E-state index in [1.54, 1.807) is 17.4 Å². The van der Waals surface area contributed by atoms with E-state index in [2.05, 4.69) is 129 Å². The Labute approximate surface area is 278 Å². The molecule has 2 aromatic heterocycles. The van der Waals surface area contributed by atoms with Crippen molar-refractivity contribution in [3.63, 3.8) is 0 Å². The number of pyridine rings is 1. The number of hydrogen-bond acceptors (Lipinski definition) is 4. The molecule has 0 aliphatic heterocycles. The van der Waals surface area contributed by atoms with Crippen molar-refractivity contribution in [1.29, 1.82) is 0 Å². The molecule has 0 spiro atoms. The van der Waals surface area contributed by atoms with Gasteiger partial charge in [-0.05, 0) is 92.1 Å². The lowest BCUT2D eigenvalue weighted by Crippen LogP contribution is -2.16. The summed E-state index contributed by atoms with van der Waals surface area (Å²) in [5.41, 5.74) is 12.2. The predicted molar refractivity (Wildman–Crippen MR) is 197 cm³/mol. The van der Waals surface area contributed by atoms with E-state index in [9.17, 15) is 5.11 Å². The fourth-order valence-corrected chi connectivity index (χ4v) is 6.77. The summed E-state index contributed by atoms with van der Waals surface area (Å²) in [5.74, 6) is 0.244. The van der Waals surface area contributed by atoms with Gasteiger partial charge in [-0.1, -0.05) is 111 Å². The first-order valence-electron chi connectivity index (χ1n) is 16.0. The summed E-state index contributed by atoms with van der Waals surface area (Å²) in [5, 5.41) is 11.4. The summed E-state index contributed by atoms with van der Waals surface area (Å²) >= 11 is 1.61. The normalized spacial score (nSPS) is 12.5. The Morgan fingerprint density at radius 1 is 0.543 bits per heavy atom. The van der Waals surface area contributed by atoms with Gasteiger partial charge in [0, 0.05) is 17.3 Å². The molecule has 0 aliphatic carbocycles. The largest absolute Gasteiger partial charge is 0.507 e. The zero-order chi connectivity index (χ0) is 33.0. The maximum absolute atomic E-state index is 10.5. The summed E-state index contributed by atoms with van der Waals surface area (Å²) in [4.78, 5) is 9.98.